The molecule has 0 aliphatic heterocycles. The minimum absolute atomic E-state index is 0.128. The van der Waals surface area contributed by atoms with Crippen molar-refractivity contribution in [2.24, 2.45) is 0 Å². The summed E-state index contributed by atoms with van der Waals surface area (Å²) in [5, 5.41) is 2.89. The number of aryl methyl sites for hydroxylation is 1. The molecule has 1 aromatic heterocycles. The zero-order chi connectivity index (χ0) is 14.5. The molecule has 0 spiro atoms. The lowest BCUT2D eigenvalue weighted by Crippen LogP contribution is -2.22. The normalized spacial score (nSPS) is 10.2. The third kappa shape index (κ3) is 3.30. The van der Waals surface area contributed by atoms with Gasteiger partial charge in [-0.2, -0.15) is 0 Å². The van der Waals surface area contributed by atoms with Crippen molar-refractivity contribution in [2.75, 3.05) is 14.2 Å². The number of nitrogens with one attached hydrogen (secondary N) is 1. The SMILES string of the molecule is COc1ccc(C(=O)NCc2ccc(C)s2)cc1OC. The van der Waals surface area contributed by atoms with E-state index in [1.807, 2.05) is 19.1 Å². The van der Waals surface area contributed by atoms with Crippen molar-refractivity contribution >= 4 is 17.2 Å². The summed E-state index contributed by atoms with van der Waals surface area (Å²) in [7, 11) is 3.12. The third-order valence-corrected chi connectivity index (χ3v) is 3.87. The van der Waals surface area contributed by atoms with Crippen molar-refractivity contribution in [3.63, 3.8) is 0 Å². The van der Waals surface area contributed by atoms with Gasteiger partial charge in [-0.25, -0.2) is 0 Å². The van der Waals surface area contributed by atoms with E-state index in [1.165, 1.54) is 4.88 Å². The number of carbonyl (C=O) groups is 1. The minimum Gasteiger partial charge on any atom is -0.493 e. The zero-order valence-corrected chi connectivity index (χ0v) is 12.5. The summed E-state index contributed by atoms with van der Waals surface area (Å²) in [6.07, 6.45) is 0. The smallest absolute Gasteiger partial charge is 0.251 e. The van der Waals surface area contributed by atoms with E-state index in [0.717, 1.165) is 4.88 Å². The molecule has 0 bridgehead atoms. The molecule has 0 radical (unpaired) electrons. The lowest BCUT2D eigenvalue weighted by molar-refractivity contribution is 0.0951. The molecule has 0 unspecified atom stereocenters. The highest BCUT2D eigenvalue weighted by molar-refractivity contribution is 7.11. The van der Waals surface area contributed by atoms with Gasteiger partial charge in [0.05, 0.1) is 20.8 Å². The number of amides is 1. The molecule has 0 aliphatic rings. The second-order valence-electron chi connectivity index (χ2n) is 4.26. The first-order valence-electron chi connectivity index (χ1n) is 6.19. The van der Waals surface area contributed by atoms with Crippen LogP contribution in [0.15, 0.2) is 30.3 Å². The fourth-order valence-corrected chi connectivity index (χ4v) is 2.66. The molecule has 106 valence electrons. The second kappa shape index (κ2) is 6.43. The van der Waals surface area contributed by atoms with Crippen molar-refractivity contribution in [2.45, 2.75) is 13.5 Å². The van der Waals surface area contributed by atoms with Crippen LogP contribution in [0.25, 0.3) is 0 Å². The van der Waals surface area contributed by atoms with Gasteiger partial charge in [-0.15, -0.1) is 11.3 Å². The molecule has 1 amide bonds. The number of ether oxygens (including phenoxy) is 2. The highest BCUT2D eigenvalue weighted by Crippen LogP contribution is 2.27. The van der Waals surface area contributed by atoms with Crippen LogP contribution in [0.5, 0.6) is 11.5 Å². The molecule has 1 N–H and O–H groups in total. The van der Waals surface area contributed by atoms with Crippen molar-refractivity contribution in [1.29, 1.82) is 0 Å². The van der Waals surface area contributed by atoms with E-state index in [-0.39, 0.29) is 5.91 Å². The number of rotatable bonds is 5. The van der Waals surface area contributed by atoms with Gasteiger partial charge in [0.1, 0.15) is 0 Å². The number of hydrogen-bond donors (Lipinski definition) is 1. The number of carbonyl (C=O) groups excluding carboxylic acids is 1. The molecule has 0 atom stereocenters. The second-order valence-corrected chi connectivity index (χ2v) is 5.64. The Morgan fingerprint density at radius 3 is 2.50 bits per heavy atom. The number of methoxy groups -OCH3 is 2. The van der Waals surface area contributed by atoms with E-state index < -0.39 is 0 Å². The molecule has 1 heterocycles. The lowest BCUT2D eigenvalue weighted by Gasteiger charge is -2.09. The van der Waals surface area contributed by atoms with Crippen molar-refractivity contribution in [3.8, 4) is 11.5 Å². The van der Waals surface area contributed by atoms with Gasteiger partial charge < -0.3 is 14.8 Å². The topological polar surface area (TPSA) is 47.6 Å². The molecule has 4 nitrogen and oxygen atoms in total. The van der Waals surface area contributed by atoms with Crippen molar-refractivity contribution in [1.82, 2.24) is 5.32 Å². The van der Waals surface area contributed by atoms with Crippen LogP contribution in [-0.4, -0.2) is 20.1 Å². The van der Waals surface area contributed by atoms with Crippen LogP contribution in [0.3, 0.4) is 0 Å². The molecule has 5 heteroatoms. The number of hydrogen-bond acceptors (Lipinski definition) is 4. The molecule has 0 aliphatic carbocycles. The van der Waals surface area contributed by atoms with Crippen molar-refractivity contribution in [3.05, 3.63) is 45.6 Å². The molecule has 2 rings (SSSR count). The van der Waals surface area contributed by atoms with Crippen LogP contribution in [0.1, 0.15) is 20.1 Å². The Kier molecular flexibility index (Phi) is 4.63. The van der Waals surface area contributed by atoms with Crippen LogP contribution in [0, 0.1) is 6.92 Å². The van der Waals surface area contributed by atoms with Crippen molar-refractivity contribution < 1.29 is 14.3 Å². The maximum atomic E-state index is 12.1. The van der Waals surface area contributed by atoms with Gasteiger partial charge in [-0.05, 0) is 37.3 Å². The van der Waals surface area contributed by atoms with Gasteiger partial charge in [0.2, 0.25) is 0 Å². The fourth-order valence-electron chi connectivity index (χ4n) is 1.83. The number of thiophene rings is 1. The van der Waals surface area contributed by atoms with E-state index in [4.69, 9.17) is 9.47 Å². The Bertz CT molecular complexity index is 607. The summed E-state index contributed by atoms with van der Waals surface area (Å²) in [4.78, 5) is 14.5. The Labute approximate surface area is 122 Å². The first kappa shape index (κ1) is 14.4. The first-order valence-corrected chi connectivity index (χ1v) is 7.01. The predicted molar refractivity (Wildman–Crippen MR) is 79.8 cm³/mol. The van der Waals surface area contributed by atoms with Crippen LogP contribution in [0.4, 0.5) is 0 Å². The van der Waals surface area contributed by atoms with Gasteiger partial charge >= 0.3 is 0 Å². The summed E-state index contributed by atoms with van der Waals surface area (Å²) in [5.41, 5.74) is 0.552. The van der Waals surface area contributed by atoms with E-state index in [2.05, 4.69) is 5.32 Å². The van der Waals surface area contributed by atoms with Gasteiger partial charge in [0.15, 0.2) is 11.5 Å². The first-order chi connectivity index (χ1) is 9.63. The van der Waals surface area contributed by atoms with E-state index in [1.54, 1.807) is 43.8 Å². The van der Waals surface area contributed by atoms with Gasteiger partial charge in [-0.1, -0.05) is 0 Å². The maximum Gasteiger partial charge on any atom is 0.251 e. The van der Waals surface area contributed by atoms with E-state index >= 15 is 0 Å². The summed E-state index contributed by atoms with van der Waals surface area (Å²) < 4.78 is 10.3. The Morgan fingerprint density at radius 1 is 1.15 bits per heavy atom. The average molecular weight is 291 g/mol. The largest absolute Gasteiger partial charge is 0.493 e. The highest BCUT2D eigenvalue weighted by Gasteiger charge is 2.10. The van der Waals surface area contributed by atoms with Crippen LogP contribution in [-0.2, 0) is 6.54 Å². The highest BCUT2D eigenvalue weighted by atomic mass is 32.1. The molecular weight excluding hydrogens is 274 g/mol. The Balaban J connectivity index is 2.05. The Morgan fingerprint density at radius 2 is 1.90 bits per heavy atom. The summed E-state index contributed by atoms with van der Waals surface area (Å²) >= 11 is 1.68. The van der Waals surface area contributed by atoms with Gasteiger partial charge in [-0.3, -0.25) is 4.79 Å². The Hall–Kier alpha value is -2.01. The predicted octanol–water partition coefficient (Wildman–Crippen LogP) is 3.00. The van der Waals surface area contributed by atoms with Crippen LogP contribution in [0.2, 0.25) is 0 Å². The standard InChI is InChI=1S/C15H17NO3S/c1-10-4-6-12(20-10)9-16-15(17)11-5-7-13(18-2)14(8-11)19-3/h4-8H,9H2,1-3H3,(H,16,17). The van der Waals surface area contributed by atoms with E-state index in [9.17, 15) is 4.79 Å². The average Bonchev–Trinajstić information content (AvgIpc) is 2.89. The fraction of sp³-hybridized carbons (Fsp3) is 0.267. The minimum atomic E-state index is -0.128. The summed E-state index contributed by atoms with van der Waals surface area (Å²) in [5.74, 6) is 1.03. The van der Waals surface area contributed by atoms with E-state index in [0.29, 0.717) is 23.6 Å². The van der Waals surface area contributed by atoms with Crippen LogP contribution >= 0.6 is 11.3 Å². The molecule has 2 aromatic rings. The van der Waals surface area contributed by atoms with Gasteiger partial charge in [0.25, 0.3) is 5.91 Å². The third-order valence-electron chi connectivity index (χ3n) is 2.86. The molecular formula is C15H17NO3S. The molecule has 20 heavy (non-hydrogen) atoms. The summed E-state index contributed by atoms with van der Waals surface area (Å²) in [6, 6.07) is 9.19. The van der Waals surface area contributed by atoms with Crippen LogP contribution < -0.4 is 14.8 Å². The molecule has 0 saturated carbocycles. The molecule has 0 saturated heterocycles. The quantitative estimate of drug-likeness (QED) is 0.921. The molecule has 1 aromatic carbocycles. The van der Waals surface area contributed by atoms with Gasteiger partial charge in [0, 0.05) is 15.3 Å². The maximum absolute atomic E-state index is 12.1. The summed E-state index contributed by atoms with van der Waals surface area (Å²) in [6.45, 7) is 2.58. The lowest BCUT2D eigenvalue weighted by atomic mass is 10.2. The zero-order valence-electron chi connectivity index (χ0n) is 11.7. The number of benzene rings is 1. The molecule has 0 fully saturated rings. The monoisotopic (exact) mass is 291 g/mol.